The van der Waals surface area contributed by atoms with Crippen molar-refractivity contribution in [3.63, 3.8) is 0 Å². The van der Waals surface area contributed by atoms with Crippen LogP contribution in [-0.2, 0) is 9.63 Å². The second kappa shape index (κ2) is 3.44. The molecule has 1 aliphatic carbocycles. The predicted molar refractivity (Wildman–Crippen MR) is 46.3 cm³/mol. The second-order valence-corrected chi connectivity index (χ2v) is 3.98. The highest BCUT2D eigenvalue weighted by Gasteiger charge is 2.39. The van der Waals surface area contributed by atoms with Gasteiger partial charge in [-0.2, -0.15) is 0 Å². The molecule has 0 aromatic rings. The zero-order valence-corrected chi connectivity index (χ0v) is 8.02. The van der Waals surface area contributed by atoms with Gasteiger partial charge in [-0.15, -0.1) is 0 Å². The highest BCUT2D eigenvalue weighted by atomic mass is 16.6. The third-order valence-electron chi connectivity index (χ3n) is 2.91. The number of carbonyl (C=O) groups excluding carboxylic acids is 1. The van der Waals surface area contributed by atoms with Crippen molar-refractivity contribution in [2.24, 2.45) is 11.3 Å². The van der Waals surface area contributed by atoms with Crippen LogP contribution in [0.1, 0.15) is 33.1 Å². The molecule has 0 unspecified atom stereocenters. The second-order valence-electron chi connectivity index (χ2n) is 3.98. The molecular formula is C9H17NO2. The van der Waals surface area contributed by atoms with E-state index in [-0.39, 0.29) is 11.3 Å². The highest BCUT2D eigenvalue weighted by Crippen LogP contribution is 2.41. The van der Waals surface area contributed by atoms with Crippen molar-refractivity contribution >= 4 is 5.91 Å². The van der Waals surface area contributed by atoms with Crippen LogP contribution >= 0.6 is 0 Å². The van der Waals surface area contributed by atoms with E-state index in [9.17, 15) is 4.79 Å². The first-order valence-electron chi connectivity index (χ1n) is 4.42. The fourth-order valence-corrected chi connectivity index (χ4v) is 1.54. The molecule has 0 aromatic carbocycles. The number of carbonyl (C=O) groups is 1. The Bertz CT molecular complexity index is 173. The lowest BCUT2D eigenvalue weighted by Gasteiger charge is -2.38. The molecule has 3 heteroatoms. The summed E-state index contributed by atoms with van der Waals surface area (Å²) in [5.74, 6) is 0.530. The molecule has 12 heavy (non-hydrogen) atoms. The Morgan fingerprint density at radius 1 is 1.50 bits per heavy atom. The van der Waals surface area contributed by atoms with Crippen LogP contribution in [0.3, 0.4) is 0 Å². The first-order valence-corrected chi connectivity index (χ1v) is 4.42. The van der Waals surface area contributed by atoms with Crippen molar-refractivity contribution in [3.8, 4) is 0 Å². The molecular weight excluding hydrogens is 154 g/mol. The van der Waals surface area contributed by atoms with E-state index in [0.29, 0.717) is 5.92 Å². The van der Waals surface area contributed by atoms with Gasteiger partial charge in [0.2, 0.25) is 5.91 Å². The zero-order chi connectivity index (χ0) is 9.19. The van der Waals surface area contributed by atoms with Crippen molar-refractivity contribution in [1.82, 2.24) is 5.48 Å². The molecule has 0 atom stereocenters. The van der Waals surface area contributed by atoms with Gasteiger partial charge < -0.3 is 0 Å². The van der Waals surface area contributed by atoms with E-state index in [1.165, 1.54) is 26.4 Å². The summed E-state index contributed by atoms with van der Waals surface area (Å²) in [5, 5.41) is 0. The topological polar surface area (TPSA) is 38.3 Å². The number of hydrogen-bond acceptors (Lipinski definition) is 2. The lowest BCUT2D eigenvalue weighted by molar-refractivity contribution is -0.145. The van der Waals surface area contributed by atoms with E-state index >= 15 is 0 Å². The largest absolute Gasteiger partial charge is 0.277 e. The minimum absolute atomic E-state index is 0.00491. The van der Waals surface area contributed by atoms with Gasteiger partial charge in [0.25, 0.3) is 0 Å². The maximum Gasteiger partial charge on any atom is 0.249 e. The van der Waals surface area contributed by atoms with Gasteiger partial charge in [-0.3, -0.25) is 9.63 Å². The summed E-state index contributed by atoms with van der Waals surface area (Å²) in [7, 11) is 1.47. The molecule has 0 heterocycles. The minimum atomic E-state index is -0.270. The molecule has 1 saturated carbocycles. The van der Waals surface area contributed by atoms with Crippen LogP contribution in [-0.4, -0.2) is 13.0 Å². The summed E-state index contributed by atoms with van der Waals surface area (Å²) in [6.07, 6.45) is 3.60. The van der Waals surface area contributed by atoms with Gasteiger partial charge >= 0.3 is 0 Å². The van der Waals surface area contributed by atoms with E-state index in [4.69, 9.17) is 0 Å². The molecule has 1 N–H and O–H groups in total. The van der Waals surface area contributed by atoms with Crippen LogP contribution in [0.4, 0.5) is 0 Å². The van der Waals surface area contributed by atoms with Crippen molar-refractivity contribution in [3.05, 3.63) is 0 Å². The Morgan fingerprint density at radius 2 is 2.08 bits per heavy atom. The molecule has 0 saturated heterocycles. The van der Waals surface area contributed by atoms with Gasteiger partial charge in [0.15, 0.2) is 0 Å². The average Bonchev–Trinajstić information content (AvgIpc) is 1.82. The van der Waals surface area contributed by atoms with E-state index in [1.54, 1.807) is 0 Å². The molecule has 0 aromatic heterocycles. The Hall–Kier alpha value is -0.570. The fraction of sp³-hybridized carbons (Fsp3) is 0.889. The Morgan fingerprint density at radius 3 is 2.42 bits per heavy atom. The molecule has 70 valence electrons. The van der Waals surface area contributed by atoms with E-state index in [0.717, 1.165) is 0 Å². The maximum absolute atomic E-state index is 11.5. The third kappa shape index (κ3) is 1.61. The standard InChI is InChI=1S/C9H17NO2/c1-9(2,7-5-4-6-7)8(11)10-12-3/h7H,4-6H2,1-3H3,(H,10,11). The van der Waals surface area contributed by atoms with Gasteiger partial charge in [-0.1, -0.05) is 20.3 Å². The molecule has 0 radical (unpaired) electrons. The van der Waals surface area contributed by atoms with Crippen molar-refractivity contribution in [2.45, 2.75) is 33.1 Å². The van der Waals surface area contributed by atoms with Crippen molar-refractivity contribution in [1.29, 1.82) is 0 Å². The fourth-order valence-electron chi connectivity index (χ4n) is 1.54. The summed E-state index contributed by atoms with van der Waals surface area (Å²) < 4.78 is 0. The SMILES string of the molecule is CONC(=O)C(C)(C)C1CCC1. The maximum atomic E-state index is 11.5. The van der Waals surface area contributed by atoms with Crippen LogP contribution in [0.2, 0.25) is 0 Å². The number of rotatable bonds is 3. The number of hydroxylamine groups is 1. The molecule has 0 bridgehead atoms. The highest BCUT2D eigenvalue weighted by molar-refractivity contribution is 5.81. The molecule has 0 spiro atoms. The molecule has 3 nitrogen and oxygen atoms in total. The Labute approximate surface area is 73.4 Å². The lowest BCUT2D eigenvalue weighted by Crippen LogP contribution is -2.43. The lowest BCUT2D eigenvalue weighted by atomic mass is 9.67. The first-order chi connectivity index (χ1) is 5.59. The van der Waals surface area contributed by atoms with Crippen LogP contribution in [0, 0.1) is 11.3 Å². The van der Waals surface area contributed by atoms with Crippen molar-refractivity contribution in [2.75, 3.05) is 7.11 Å². The van der Waals surface area contributed by atoms with Gasteiger partial charge in [0, 0.05) is 5.41 Å². The summed E-state index contributed by atoms with van der Waals surface area (Å²) in [6.45, 7) is 3.95. The summed E-state index contributed by atoms with van der Waals surface area (Å²) >= 11 is 0. The smallest absolute Gasteiger partial charge is 0.249 e. The average molecular weight is 171 g/mol. The van der Waals surface area contributed by atoms with Gasteiger partial charge in [-0.25, -0.2) is 5.48 Å². The minimum Gasteiger partial charge on any atom is -0.277 e. The molecule has 1 rings (SSSR count). The van der Waals surface area contributed by atoms with Crippen LogP contribution in [0.25, 0.3) is 0 Å². The number of amides is 1. The Balaban J connectivity index is 2.50. The van der Waals surface area contributed by atoms with E-state index in [1.807, 2.05) is 13.8 Å². The number of nitrogens with one attached hydrogen (secondary N) is 1. The molecule has 1 amide bonds. The van der Waals surface area contributed by atoms with Crippen LogP contribution in [0.15, 0.2) is 0 Å². The third-order valence-corrected chi connectivity index (χ3v) is 2.91. The monoisotopic (exact) mass is 171 g/mol. The molecule has 1 fully saturated rings. The predicted octanol–water partition coefficient (Wildman–Crippen LogP) is 1.49. The summed E-state index contributed by atoms with van der Waals surface area (Å²) in [6, 6.07) is 0. The molecule has 1 aliphatic rings. The van der Waals surface area contributed by atoms with Gasteiger partial charge in [0.05, 0.1) is 7.11 Å². The first kappa shape index (κ1) is 9.52. The van der Waals surface area contributed by atoms with E-state index < -0.39 is 0 Å². The summed E-state index contributed by atoms with van der Waals surface area (Å²) in [5.41, 5.74) is 2.13. The Kier molecular flexibility index (Phi) is 2.73. The zero-order valence-electron chi connectivity index (χ0n) is 8.02. The molecule has 0 aliphatic heterocycles. The van der Waals surface area contributed by atoms with Crippen LogP contribution < -0.4 is 5.48 Å². The van der Waals surface area contributed by atoms with Gasteiger partial charge in [-0.05, 0) is 18.8 Å². The van der Waals surface area contributed by atoms with Crippen LogP contribution in [0.5, 0.6) is 0 Å². The van der Waals surface area contributed by atoms with E-state index in [2.05, 4.69) is 10.3 Å². The summed E-state index contributed by atoms with van der Waals surface area (Å²) in [4.78, 5) is 16.1. The van der Waals surface area contributed by atoms with Gasteiger partial charge in [0.1, 0.15) is 0 Å². The quantitative estimate of drug-likeness (QED) is 0.653. The number of hydrogen-bond donors (Lipinski definition) is 1. The van der Waals surface area contributed by atoms with Crippen molar-refractivity contribution < 1.29 is 9.63 Å². The normalized spacial score (nSPS) is 18.6.